The Hall–Kier alpha value is -2.02. The molecule has 0 bridgehead atoms. The van der Waals surface area contributed by atoms with Crippen LogP contribution in [0, 0.1) is 12.7 Å². The highest BCUT2D eigenvalue weighted by molar-refractivity contribution is 7.17. The quantitative estimate of drug-likeness (QED) is 0.894. The monoisotopic (exact) mass is 266 g/mol. The molecular weight excluding hydrogens is 255 g/mol. The van der Waals surface area contributed by atoms with Crippen molar-refractivity contribution in [2.45, 2.75) is 6.92 Å². The molecule has 1 amide bonds. The molecule has 0 atom stereocenters. The van der Waals surface area contributed by atoms with Crippen LogP contribution in [0.2, 0.25) is 0 Å². The largest absolute Gasteiger partial charge is 0.363 e. The molecule has 1 heterocycles. The van der Waals surface area contributed by atoms with Gasteiger partial charge in [0.1, 0.15) is 5.82 Å². The molecule has 0 aliphatic carbocycles. The predicted octanol–water partition coefficient (Wildman–Crippen LogP) is 2.28. The Bertz CT molecular complexity index is 564. The van der Waals surface area contributed by atoms with Crippen molar-refractivity contribution in [3.8, 4) is 0 Å². The fraction of sp³-hybridized carbons (Fsp3) is 0.182. The van der Waals surface area contributed by atoms with Gasteiger partial charge in [0.25, 0.3) is 5.91 Å². The zero-order valence-corrected chi connectivity index (χ0v) is 10.6. The van der Waals surface area contributed by atoms with Crippen LogP contribution in [0.15, 0.2) is 18.2 Å². The first kappa shape index (κ1) is 12.4. The van der Waals surface area contributed by atoms with Crippen molar-refractivity contribution in [3.63, 3.8) is 0 Å². The molecule has 94 valence electrons. The minimum absolute atomic E-state index is 0.223. The molecule has 0 aliphatic heterocycles. The number of aryl methyl sites for hydroxylation is 1. The molecule has 2 aromatic rings. The number of aromatic nitrogens is 2. The summed E-state index contributed by atoms with van der Waals surface area (Å²) in [5.41, 5.74) is 1.14. The van der Waals surface area contributed by atoms with Gasteiger partial charge in [0.05, 0.1) is 0 Å². The van der Waals surface area contributed by atoms with Gasteiger partial charge in [0, 0.05) is 12.7 Å². The second-order valence-corrected chi connectivity index (χ2v) is 4.61. The molecule has 0 saturated heterocycles. The average molecular weight is 266 g/mol. The van der Waals surface area contributed by atoms with Crippen LogP contribution < -0.4 is 10.6 Å². The third kappa shape index (κ3) is 2.80. The van der Waals surface area contributed by atoms with Gasteiger partial charge in [-0.2, -0.15) is 0 Å². The van der Waals surface area contributed by atoms with Crippen molar-refractivity contribution in [1.82, 2.24) is 10.2 Å². The maximum absolute atomic E-state index is 13.2. The van der Waals surface area contributed by atoms with Gasteiger partial charge in [-0.3, -0.25) is 4.79 Å². The predicted molar refractivity (Wildman–Crippen MR) is 68.5 cm³/mol. The van der Waals surface area contributed by atoms with E-state index in [1.165, 1.54) is 12.1 Å². The lowest BCUT2D eigenvalue weighted by atomic mass is 10.2. The standard InChI is InChI=1S/C11H11FN4OS/c1-6-3-7(12)5-8(4-6)14-9(17)10-15-16-11(13-2)18-10/h3-5H,1-2H3,(H,13,16)(H,14,17). The lowest BCUT2D eigenvalue weighted by Gasteiger charge is -2.04. The van der Waals surface area contributed by atoms with Crippen LogP contribution in [0.3, 0.4) is 0 Å². The Morgan fingerprint density at radius 1 is 1.33 bits per heavy atom. The van der Waals surface area contributed by atoms with E-state index >= 15 is 0 Å². The summed E-state index contributed by atoms with van der Waals surface area (Å²) in [7, 11) is 1.69. The molecule has 7 heteroatoms. The third-order valence-electron chi connectivity index (χ3n) is 2.13. The molecule has 18 heavy (non-hydrogen) atoms. The Balaban J connectivity index is 2.15. The van der Waals surface area contributed by atoms with E-state index in [1.807, 2.05) is 0 Å². The van der Waals surface area contributed by atoms with E-state index in [1.54, 1.807) is 20.0 Å². The first-order valence-corrected chi connectivity index (χ1v) is 6.00. The number of nitrogens with one attached hydrogen (secondary N) is 2. The van der Waals surface area contributed by atoms with Gasteiger partial charge < -0.3 is 10.6 Å². The molecule has 0 spiro atoms. The van der Waals surface area contributed by atoms with Gasteiger partial charge in [-0.15, -0.1) is 10.2 Å². The fourth-order valence-corrected chi connectivity index (χ4v) is 2.00. The van der Waals surface area contributed by atoms with Gasteiger partial charge in [-0.25, -0.2) is 4.39 Å². The van der Waals surface area contributed by atoms with E-state index in [-0.39, 0.29) is 5.01 Å². The number of nitrogens with zero attached hydrogens (tertiary/aromatic N) is 2. The zero-order valence-electron chi connectivity index (χ0n) is 9.82. The molecule has 1 aromatic heterocycles. The van der Waals surface area contributed by atoms with E-state index in [4.69, 9.17) is 0 Å². The Morgan fingerprint density at radius 3 is 2.72 bits per heavy atom. The van der Waals surface area contributed by atoms with Crippen LogP contribution in [0.4, 0.5) is 15.2 Å². The highest BCUT2D eigenvalue weighted by atomic mass is 32.1. The smallest absolute Gasteiger partial charge is 0.286 e. The van der Waals surface area contributed by atoms with Crippen molar-refractivity contribution >= 4 is 28.1 Å². The van der Waals surface area contributed by atoms with Crippen molar-refractivity contribution in [1.29, 1.82) is 0 Å². The van der Waals surface area contributed by atoms with Crippen LogP contribution >= 0.6 is 11.3 Å². The first-order valence-electron chi connectivity index (χ1n) is 5.18. The maximum Gasteiger partial charge on any atom is 0.286 e. The number of benzene rings is 1. The van der Waals surface area contributed by atoms with Crippen molar-refractivity contribution in [3.05, 3.63) is 34.6 Å². The number of anilines is 2. The number of halogens is 1. The number of carbonyl (C=O) groups excluding carboxylic acids is 1. The van der Waals surface area contributed by atoms with Gasteiger partial charge >= 0.3 is 0 Å². The normalized spacial score (nSPS) is 10.2. The van der Waals surface area contributed by atoms with E-state index in [0.717, 1.165) is 16.9 Å². The molecule has 0 radical (unpaired) electrons. The van der Waals surface area contributed by atoms with Gasteiger partial charge in [-0.05, 0) is 30.7 Å². The second-order valence-electron chi connectivity index (χ2n) is 3.63. The van der Waals surface area contributed by atoms with E-state index < -0.39 is 11.7 Å². The molecule has 0 fully saturated rings. The average Bonchev–Trinajstić information content (AvgIpc) is 2.75. The summed E-state index contributed by atoms with van der Waals surface area (Å²) < 4.78 is 13.2. The van der Waals surface area contributed by atoms with Gasteiger partial charge in [0.15, 0.2) is 0 Å². The summed E-state index contributed by atoms with van der Waals surface area (Å²) >= 11 is 1.13. The summed E-state index contributed by atoms with van der Waals surface area (Å²) in [6.45, 7) is 1.75. The maximum atomic E-state index is 13.2. The topological polar surface area (TPSA) is 66.9 Å². The van der Waals surface area contributed by atoms with Gasteiger partial charge in [-0.1, -0.05) is 11.3 Å². The summed E-state index contributed by atoms with van der Waals surface area (Å²) in [6, 6.07) is 4.33. The van der Waals surface area contributed by atoms with Gasteiger partial charge in [0.2, 0.25) is 10.1 Å². The summed E-state index contributed by atoms with van der Waals surface area (Å²) in [6.07, 6.45) is 0. The SMILES string of the molecule is CNc1nnc(C(=O)Nc2cc(C)cc(F)c2)s1. The minimum Gasteiger partial charge on any atom is -0.363 e. The molecule has 2 rings (SSSR count). The highest BCUT2D eigenvalue weighted by Gasteiger charge is 2.12. The highest BCUT2D eigenvalue weighted by Crippen LogP contribution is 2.18. The molecule has 5 nitrogen and oxygen atoms in total. The van der Waals surface area contributed by atoms with Crippen LogP contribution in [0.25, 0.3) is 0 Å². The van der Waals surface area contributed by atoms with E-state index in [0.29, 0.717) is 10.8 Å². The second kappa shape index (κ2) is 5.09. The van der Waals surface area contributed by atoms with Crippen LogP contribution in [0.5, 0.6) is 0 Å². The van der Waals surface area contributed by atoms with Crippen LogP contribution in [0.1, 0.15) is 15.4 Å². The van der Waals surface area contributed by atoms with E-state index in [9.17, 15) is 9.18 Å². The Morgan fingerprint density at radius 2 is 2.11 bits per heavy atom. The molecule has 0 aliphatic rings. The lowest BCUT2D eigenvalue weighted by molar-refractivity contribution is 0.102. The summed E-state index contributed by atoms with van der Waals surface area (Å²) in [4.78, 5) is 11.8. The first-order chi connectivity index (χ1) is 8.58. The van der Waals surface area contributed by atoms with Crippen molar-refractivity contribution in [2.24, 2.45) is 0 Å². The van der Waals surface area contributed by atoms with Crippen LogP contribution in [-0.4, -0.2) is 23.2 Å². The number of amides is 1. The Kier molecular flexibility index (Phi) is 3.52. The number of rotatable bonds is 3. The molecule has 0 saturated carbocycles. The Labute approximate surface area is 107 Å². The number of hydrogen-bond acceptors (Lipinski definition) is 5. The molecule has 0 unspecified atom stereocenters. The molecule has 2 N–H and O–H groups in total. The fourth-order valence-electron chi connectivity index (χ4n) is 1.41. The number of carbonyl (C=O) groups is 1. The van der Waals surface area contributed by atoms with Crippen molar-refractivity contribution in [2.75, 3.05) is 17.7 Å². The summed E-state index contributed by atoms with van der Waals surface area (Å²) in [5, 5.41) is 13.6. The minimum atomic E-state index is -0.404. The molecular formula is C11H11FN4OS. The van der Waals surface area contributed by atoms with Crippen LogP contribution in [-0.2, 0) is 0 Å². The summed E-state index contributed by atoms with van der Waals surface area (Å²) in [5.74, 6) is -0.794. The van der Waals surface area contributed by atoms with E-state index in [2.05, 4.69) is 20.8 Å². The zero-order chi connectivity index (χ0) is 13.1. The third-order valence-corrected chi connectivity index (χ3v) is 3.07. The molecule has 1 aromatic carbocycles. The number of hydrogen-bond donors (Lipinski definition) is 2. The lowest BCUT2D eigenvalue weighted by Crippen LogP contribution is -2.11. The van der Waals surface area contributed by atoms with Crippen molar-refractivity contribution < 1.29 is 9.18 Å².